The Balaban J connectivity index is 1.53. The van der Waals surface area contributed by atoms with Crippen LogP contribution in [-0.2, 0) is 0 Å². The number of hydrogen-bond donors (Lipinski definition) is 0. The van der Waals surface area contributed by atoms with Crippen molar-refractivity contribution >= 4 is 33.2 Å². The highest BCUT2D eigenvalue weighted by Gasteiger charge is 2.18. The fraction of sp³-hybridized carbons (Fsp3) is 0.333. The fourth-order valence-electron chi connectivity index (χ4n) is 3.06. The Morgan fingerprint density at radius 1 is 0.913 bits per heavy atom. The van der Waals surface area contributed by atoms with Crippen LogP contribution in [0.5, 0.6) is 0 Å². The Kier molecular flexibility index (Phi) is 3.87. The third-order valence-electron chi connectivity index (χ3n) is 4.28. The Labute approximate surface area is 140 Å². The van der Waals surface area contributed by atoms with Crippen molar-refractivity contribution in [3.8, 4) is 0 Å². The van der Waals surface area contributed by atoms with Gasteiger partial charge in [-0.05, 0) is 31.5 Å². The standard InChI is InChI=1S/C18H20N4S/c1-14-13-23-18(19-14)22-10-4-9-21(11-12-22)17-8-7-15-5-2-3-6-16(15)20-17/h2-3,5-8,13H,4,9-12H2,1H3. The van der Waals surface area contributed by atoms with Gasteiger partial charge in [0.25, 0.3) is 0 Å². The molecule has 1 aromatic carbocycles. The van der Waals surface area contributed by atoms with E-state index in [4.69, 9.17) is 4.98 Å². The van der Waals surface area contributed by atoms with E-state index in [1.54, 1.807) is 11.3 Å². The van der Waals surface area contributed by atoms with E-state index >= 15 is 0 Å². The van der Waals surface area contributed by atoms with Gasteiger partial charge in [-0.25, -0.2) is 9.97 Å². The van der Waals surface area contributed by atoms with E-state index in [1.807, 2.05) is 6.07 Å². The van der Waals surface area contributed by atoms with Gasteiger partial charge >= 0.3 is 0 Å². The van der Waals surface area contributed by atoms with Gasteiger partial charge < -0.3 is 9.80 Å². The normalized spacial score (nSPS) is 15.9. The molecule has 1 fully saturated rings. The predicted molar refractivity (Wildman–Crippen MR) is 97.6 cm³/mol. The predicted octanol–water partition coefficient (Wildman–Crippen LogP) is 3.72. The number of aromatic nitrogens is 2. The summed E-state index contributed by atoms with van der Waals surface area (Å²) >= 11 is 1.74. The summed E-state index contributed by atoms with van der Waals surface area (Å²) in [5.41, 5.74) is 2.18. The van der Waals surface area contributed by atoms with Crippen LogP contribution in [0.1, 0.15) is 12.1 Å². The first-order valence-electron chi connectivity index (χ1n) is 8.07. The number of hydrogen-bond acceptors (Lipinski definition) is 5. The minimum Gasteiger partial charge on any atom is -0.355 e. The number of aryl methyl sites for hydroxylation is 1. The minimum atomic E-state index is 0.990. The summed E-state index contributed by atoms with van der Waals surface area (Å²) in [6, 6.07) is 12.6. The Morgan fingerprint density at radius 2 is 1.74 bits per heavy atom. The van der Waals surface area contributed by atoms with E-state index in [-0.39, 0.29) is 0 Å². The first-order chi connectivity index (χ1) is 11.3. The van der Waals surface area contributed by atoms with E-state index in [2.05, 4.69) is 57.4 Å². The topological polar surface area (TPSA) is 32.3 Å². The molecule has 0 N–H and O–H groups in total. The molecule has 5 heteroatoms. The van der Waals surface area contributed by atoms with Gasteiger partial charge in [0.15, 0.2) is 5.13 Å². The molecule has 0 unspecified atom stereocenters. The van der Waals surface area contributed by atoms with Crippen LogP contribution in [0.15, 0.2) is 41.8 Å². The molecule has 23 heavy (non-hydrogen) atoms. The molecule has 4 rings (SSSR count). The number of rotatable bonds is 2. The number of thiazole rings is 1. The van der Waals surface area contributed by atoms with Crippen molar-refractivity contribution in [2.24, 2.45) is 0 Å². The van der Waals surface area contributed by atoms with Crippen molar-refractivity contribution in [3.63, 3.8) is 0 Å². The van der Waals surface area contributed by atoms with E-state index in [0.717, 1.165) is 54.8 Å². The van der Waals surface area contributed by atoms with E-state index in [0.29, 0.717) is 0 Å². The lowest BCUT2D eigenvalue weighted by Gasteiger charge is -2.22. The summed E-state index contributed by atoms with van der Waals surface area (Å²) in [4.78, 5) is 14.3. The van der Waals surface area contributed by atoms with Crippen LogP contribution in [0, 0.1) is 6.92 Å². The van der Waals surface area contributed by atoms with Gasteiger partial charge in [0.2, 0.25) is 0 Å². The maximum Gasteiger partial charge on any atom is 0.185 e. The van der Waals surface area contributed by atoms with Gasteiger partial charge in [-0.3, -0.25) is 0 Å². The number of nitrogens with zero attached hydrogens (tertiary/aromatic N) is 4. The molecular weight excluding hydrogens is 304 g/mol. The van der Waals surface area contributed by atoms with E-state index < -0.39 is 0 Å². The molecular formula is C18H20N4S. The summed E-state index contributed by atoms with van der Waals surface area (Å²) < 4.78 is 0. The van der Waals surface area contributed by atoms with E-state index in [9.17, 15) is 0 Å². The molecule has 1 aliphatic heterocycles. The van der Waals surface area contributed by atoms with Crippen LogP contribution >= 0.6 is 11.3 Å². The molecule has 1 aliphatic rings. The molecule has 1 saturated heterocycles. The maximum atomic E-state index is 4.84. The molecule has 2 aromatic heterocycles. The SMILES string of the molecule is Cc1csc(N2CCCN(c3ccc4ccccc4n3)CC2)n1. The summed E-state index contributed by atoms with van der Waals surface area (Å²) in [5.74, 6) is 1.08. The lowest BCUT2D eigenvalue weighted by molar-refractivity contribution is 0.798. The number of anilines is 2. The summed E-state index contributed by atoms with van der Waals surface area (Å²) in [6.45, 7) is 6.16. The van der Waals surface area contributed by atoms with Gasteiger partial charge in [0, 0.05) is 36.9 Å². The second kappa shape index (κ2) is 6.16. The summed E-state index contributed by atoms with van der Waals surface area (Å²) in [5, 5.41) is 4.48. The van der Waals surface area contributed by atoms with Gasteiger partial charge in [0.1, 0.15) is 5.82 Å². The third kappa shape index (κ3) is 3.01. The van der Waals surface area contributed by atoms with Crippen molar-refractivity contribution in [1.29, 1.82) is 0 Å². The molecule has 3 heterocycles. The minimum absolute atomic E-state index is 0.990. The number of para-hydroxylation sites is 1. The first kappa shape index (κ1) is 14.5. The van der Waals surface area contributed by atoms with Crippen LogP contribution in [0.4, 0.5) is 10.9 Å². The van der Waals surface area contributed by atoms with Crippen LogP contribution in [-0.4, -0.2) is 36.1 Å². The Morgan fingerprint density at radius 3 is 2.61 bits per heavy atom. The van der Waals surface area contributed by atoms with Gasteiger partial charge in [-0.15, -0.1) is 11.3 Å². The van der Waals surface area contributed by atoms with Crippen molar-refractivity contribution < 1.29 is 0 Å². The van der Waals surface area contributed by atoms with Crippen LogP contribution in [0.2, 0.25) is 0 Å². The largest absolute Gasteiger partial charge is 0.355 e. The number of benzene rings is 1. The number of fused-ring (bicyclic) bond motifs is 1. The first-order valence-corrected chi connectivity index (χ1v) is 8.95. The van der Waals surface area contributed by atoms with Crippen molar-refractivity contribution in [2.45, 2.75) is 13.3 Å². The molecule has 0 spiro atoms. The highest BCUT2D eigenvalue weighted by molar-refractivity contribution is 7.13. The average molecular weight is 324 g/mol. The number of pyridine rings is 1. The van der Waals surface area contributed by atoms with Gasteiger partial charge in [0.05, 0.1) is 11.2 Å². The molecule has 0 bridgehead atoms. The van der Waals surface area contributed by atoms with Crippen LogP contribution < -0.4 is 9.80 Å². The highest BCUT2D eigenvalue weighted by atomic mass is 32.1. The zero-order chi connectivity index (χ0) is 15.6. The Bertz CT molecular complexity index is 813. The molecule has 0 radical (unpaired) electrons. The Hall–Kier alpha value is -2.14. The molecule has 4 nitrogen and oxygen atoms in total. The molecule has 0 atom stereocenters. The second-order valence-corrected chi connectivity index (χ2v) is 6.80. The van der Waals surface area contributed by atoms with Crippen molar-refractivity contribution in [1.82, 2.24) is 9.97 Å². The quantitative estimate of drug-likeness (QED) is 0.719. The average Bonchev–Trinajstić information content (AvgIpc) is 2.87. The maximum absolute atomic E-state index is 4.84. The zero-order valence-electron chi connectivity index (χ0n) is 13.3. The van der Waals surface area contributed by atoms with E-state index in [1.165, 1.54) is 5.39 Å². The molecule has 3 aromatic rings. The van der Waals surface area contributed by atoms with Crippen LogP contribution in [0.3, 0.4) is 0 Å². The lowest BCUT2D eigenvalue weighted by atomic mass is 10.2. The van der Waals surface area contributed by atoms with Gasteiger partial charge in [-0.1, -0.05) is 18.2 Å². The van der Waals surface area contributed by atoms with Crippen molar-refractivity contribution in [2.75, 3.05) is 36.0 Å². The second-order valence-electron chi connectivity index (χ2n) is 5.96. The van der Waals surface area contributed by atoms with Gasteiger partial charge in [-0.2, -0.15) is 0 Å². The highest BCUT2D eigenvalue weighted by Crippen LogP contribution is 2.23. The molecule has 0 amide bonds. The third-order valence-corrected chi connectivity index (χ3v) is 5.30. The molecule has 0 saturated carbocycles. The molecule has 118 valence electrons. The van der Waals surface area contributed by atoms with Crippen molar-refractivity contribution in [3.05, 3.63) is 47.5 Å². The smallest absolute Gasteiger partial charge is 0.185 e. The zero-order valence-corrected chi connectivity index (χ0v) is 14.1. The lowest BCUT2D eigenvalue weighted by Crippen LogP contribution is -2.31. The summed E-state index contributed by atoms with van der Waals surface area (Å²) in [6.07, 6.45) is 1.13. The fourth-order valence-corrected chi connectivity index (χ4v) is 3.91. The monoisotopic (exact) mass is 324 g/mol. The molecule has 0 aliphatic carbocycles. The van der Waals surface area contributed by atoms with Crippen LogP contribution in [0.25, 0.3) is 10.9 Å². The summed E-state index contributed by atoms with van der Waals surface area (Å²) in [7, 11) is 0.